The van der Waals surface area contributed by atoms with E-state index in [1.807, 2.05) is 0 Å². The van der Waals surface area contributed by atoms with Crippen molar-refractivity contribution >= 4 is 5.84 Å². The van der Waals surface area contributed by atoms with Crippen LogP contribution in [-0.2, 0) is 5.54 Å². The van der Waals surface area contributed by atoms with E-state index in [2.05, 4.69) is 141 Å². The number of hydrogen-bond acceptors (Lipinski definition) is 2. The van der Waals surface area contributed by atoms with E-state index in [9.17, 15) is 0 Å². The Morgan fingerprint density at radius 2 is 1.29 bits per heavy atom. The first-order valence-electron chi connectivity index (χ1n) is 12.2. The van der Waals surface area contributed by atoms with E-state index in [4.69, 9.17) is 4.99 Å². The number of amidine groups is 1. The van der Waals surface area contributed by atoms with Crippen LogP contribution in [0, 0.1) is 0 Å². The van der Waals surface area contributed by atoms with Crippen molar-refractivity contribution in [1.29, 1.82) is 0 Å². The zero-order valence-electron chi connectivity index (χ0n) is 20.6. The molecule has 3 aromatic carbocycles. The Morgan fingerprint density at radius 3 is 1.71 bits per heavy atom. The number of aliphatic imine (C=N–C) groups is 1. The fraction of sp³-hybridized carbons (Fsp3) is 0.258. The number of nitrogens with zero attached hydrogens (tertiary/aromatic N) is 3. The molecule has 0 aliphatic carbocycles. The maximum absolute atomic E-state index is 5.11. The van der Waals surface area contributed by atoms with E-state index in [-0.39, 0.29) is 0 Å². The summed E-state index contributed by atoms with van der Waals surface area (Å²) in [6.45, 7) is 9.67. The van der Waals surface area contributed by atoms with Gasteiger partial charge in [-0.1, -0.05) is 104 Å². The summed E-state index contributed by atoms with van der Waals surface area (Å²) >= 11 is 0. The predicted octanol–water partition coefficient (Wildman–Crippen LogP) is 6.84. The molecule has 1 heterocycles. The highest BCUT2D eigenvalue weighted by Gasteiger charge is 2.45. The van der Waals surface area contributed by atoms with Gasteiger partial charge in [0.25, 0.3) is 0 Å². The van der Waals surface area contributed by atoms with Gasteiger partial charge in [0, 0.05) is 38.0 Å². The Labute approximate surface area is 204 Å². The third kappa shape index (κ3) is 4.31. The smallest absolute Gasteiger partial charge is 0.122 e. The van der Waals surface area contributed by atoms with E-state index in [0.717, 1.165) is 30.9 Å². The normalized spacial score (nSPS) is 18.1. The third-order valence-electron chi connectivity index (χ3n) is 6.76. The molecule has 0 aromatic heterocycles. The Kier molecular flexibility index (Phi) is 7.32. The molecule has 0 fully saturated rings. The van der Waals surface area contributed by atoms with Crippen LogP contribution in [0.3, 0.4) is 0 Å². The minimum absolute atomic E-state index is 0.358. The predicted molar refractivity (Wildman–Crippen MR) is 144 cm³/mol. The van der Waals surface area contributed by atoms with Gasteiger partial charge in [-0.3, -0.25) is 4.99 Å². The van der Waals surface area contributed by atoms with Gasteiger partial charge in [-0.25, -0.2) is 0 Å². The Balaban J connectivity index is 2.11. The summed E-state index contributed by atoms with van der Waals surface area (Å²) in [6.07, 6.45) is 6.19. The molecular formula is C31H35N3. The molecule has 0 radical (unpaired) electrons. The van der Waals surface area contributed by atoms with Gasteiger partial charge in [0.15, 0.2) is 0 Å². The van der Waals surface area contributed by atoms with Gasteiger partial charge in [-0.2, -0.15) is 0 Å². The van der Waals surface area contributed by atoms with E-state index < -0.39 is 5.54 Å². The zero-order valence-corrected chi connectivity index (χ0v) is 20.6. The topological polar surface area (TPSA) is 18.8 Å². The van der Waals surface area contributed by atoms with E-state index >= 15 is 0 Å². The quantitative estimate of drug-likeness (QED) is 0.384. The van der Waals surface area contributed by atoms with Gasteiger partial charge in [0.2, 0.25) is 0 Å². The highest BCUT2D eigenvalue weighted by atomic mass is 15.3. The molecule has 3 nitrogen and oxygen atoms in total. The lowest BCUT2D eigenvalue weighted by atomic mass is 9.74. The summed E-state index contributed by atoms with van der Waals surface area (Å²) in [5.74, 6) is 1.06. The molecule has 0 N–H and O–H groups in total. The van der Waals surface area contributed by atoms with Gasteiger partial charge in [-0.15, -0.1) is 0 Å². The molecule has 1 unspecified atom stereocenters. The maximum Gasteiger partial charge on any atom is 0.122 e. The van der Waals surface area contributed by atoms with Crippen LogP contribution >= 0.6 is 0 Å². The number of rotatable bonds is 6. The highest BCUT2D eigenvalue weighted by Crippen LogP contribution is 2.45. The maximum atomic E-state index is 5.11. The van der Waals surface area contributed by atoms with Crippen molar-refractivity contribution in [2.75, 3.05) is 13.6 Å². The minimum atomic E-state index is -0.618. The molecule has 0 saturated heterocycles. The first-order chi connectivity index (χ1) is 16.6. The van der Waals surface area contributed by atoms with E-state index in [1.165, 1.54) is 16.7 Å². The van der Waals surface area contributed by atoms with E-state index in [0.29, 0.717) is 6.04 Å². The lowest BCUT2D eigenvalue weighted by Gasteiger charge is -2.49. The Hall–Kier alpha value is -3.59. The molecule has 0 spiro atoms. The van der Waals surface area contributed by atoms with Crippen molar-refractivity contribution in [3.05, 3.63) is 132 Å². The molecular weight excluding hydrogens is 414 g/mol. The fourth-order valence-corrected chi connectivity index (χ4v) is 5.10. The third-order valence-corrected chi connectivity index (χ3v) is 6.76. The Morgan fingerprint density at radius 1 is 0.824 bits per heavy atom. The van der Waals surface area contributed by atoms with Crippen molar-refractivity contribution in [2.24, 2.45) is 4.99 Å². The SMILES string of the molecule is C=C1C=CN(C)C(CC)CC(=NCC)N1C(c1ccccc1)(c1ccccc1)c1ccccc1. The van der Waals surface area contributed by atoms with Crippen LogP contribution in [0.5, 0.6) is 0 Å². The summed E-state index contributed by atoms with van der Waals surface area (Å²) in [6, 6.07) is 32.7. The van der Waals surface area contributed by atoms with Crippen molar-refractivity contribution in [2.45, 2.75) is 38.3 Å². The molecule has 1 aliphatic heterocycles. The summed E-state index contributed by atoms with van der Waals surface area (Å²) in [4.78, 5) is 9.80. The monoisotopic (exact) mass is 449 g/mol. The Bertz CT molecular complexity index is 1040. The van der Waals surface area contributed by atoms with Crippen LogP contribution in [0.2, 0.25) is 0 Å². The molecule has 0 bridgehead atoms. The number of benzene rings is 3. The average molecular weight is 450 g/mol. The minimum Gasteiger partial charge on any atom is -0.377 e. The first-order valence-corrected chi connectivity index (χ1v) is 12.2. The van der Waals surface area contributed by atoms with Crippen LogP contribution in [-0.4, -0.2) is 35.3 Å². The average Bonchev–Trinajstić information content (AvgIpc) is 2.89. The fourth-order valence-electron chi connectivity index (χ4n) is 5.10. The molecule has 1 aliphatic rings. The largest absolute Gasteiger partial charge is 0.377 e. The summed E-state index contributed by atoms with van der Waals surface area (Å²) in [5, 5.41) is 0. The number of hydrogen-bond donors (Lipinski definition) is 0. The second kappa shape index (κ2) is 10.6. The molecule has 3 aromatic rings. The van der Waals surface area contributed by atoms with Crippen molar-refractivity contribution < 1.29 is 0 Å². The van der Waals surface area contributed by atoms with E-state index in [1.54, 1.807) is 0 Å². The number of allylic oxidation sites excluding steroid dienone is 1. The van der Waals surface area contributed by atoms with Gasteiger partial charge in [0.05, 0.1) is 0 Å². The van der Waals surface area contributed by atoms with Crippen LogP contribution in [0.15, 0.2) is 121 Å². The van der Waals surface area contributed by atoms with Crippen LogP contribution in [0.1, 0.15) is 43.4 Å². The van der Waals surface area contributed by atoms with Crippen molar-refractivity contribution in [3.63, 3.8) is 0 Å². The summed E-state index contributed by atoms with van der Waals surface area (Å²) in [5.41, 5.74) is 3.87. The summed E-state index contributed by atoms with van der Waals surface area (Å²) < 4.78 is 0. The van der Waals surface area contributed by atoms with Crippen molar-refractivity contribution in [3.8, 4) is 0 Å². The van der Waals surface area contributed by atoms with Gasteiger partial charge in [-0.05, 0) is 36.1 Å². The second-order valence-corrected chi connectivity index (χ2v) is 8.77. The zero-order chi connectivity index (χ0) is 24.0. The van der Waals surface area contributed by atoms with Gasteiger partial charge < -0.3 is 9.80 Å². The lowest BCUT2D eigenvalue weighted by molar-refractivity contribution is 0.281. The summed E-state index contributed by atoms with van der Waals surface area (Å²) in [7, 11) is 2.15. The van der Waals surface area contributed by atoms with Crippen molar-refractivity contribution in [1.82, 2.24) is 9.80 Å². The van der Waals surface area contributed by atoms with Crippen LogP contribution in [0.4, 0.5) is 0 Å². The molecule has 3 heteroatoms. The lowest BCUT2D eigenvalue weighted by Crippen LogP contribution is -2.52. The van der Waals surface area contributed by atoms with Gasteiger partial charge >= 0.3 is 0 Å². The molecule has 174 valence electrons. The van der Waals surface area contributed by atoms with Crippen LogP contribution in [0.25, 0.3) is 0 Å². The highest BCUT2D eigenvalue weighted by molar-refractivity contribution is 5.87. The standard InChI is InChI=1S/C31H35N3/c1-5-29-24-30(32-6-2)34(25(3)22-23-33(29)4)31(26-16-10-7-11-17-26,27-18-12-8-13-19-27)28-20-14-9-15-21-28/h7-23,29H,3,5-6,24H2,1-2,4H3. The first kappa shape index (κ1) is 23.6. The molecule has 34 heavy (non-hydrogen) atoms. The molecule has 0 saturated carbocycles. The molecule has 4 rings (SSSR count). The molecule has 0 amide bonds. The second-order valence-electron chi connectivity index (χ2n) is 8.77. The van der Waals surface area contributed by atoms with Gasteiger partial charge in [0.1, 0.15) is 11.4 Å². The van der Waals surface area contributed by atoms with Crippen LogP contribution < -0.4 is 0 Å². The molecule has 1 atom stereocenters.